The van der Waals surface area contributed by atoms with E-state index in [2.05, 4.69) is 0 Å². The summed E-state index contributed by atoms with van der Waals surface area (Å²) in [6.07, 6.45) is 2.59. The van der Waals surface area contributed by atoms with Crippen LogP contribution in [0.3, 0.4) is 0 Å². The molecule has 0 heterocycles. The Balaban J connectivity index is 1.96. The van der Waals surface area contributed by atoms with Gasteiger partial charge in [-0.15, -0.1) is 0 Å². The van der Waals surface area contributed by atoms with E-state index in [1.54, 1.807) is 31.4 Å². The topological polar surface area (TPSA) is 43.4 Å². The highest BCUT2D eigenvalue weighted by atomic mass is 32.2. The maximum atomic E-state index is 12.3. The van der Waals surface area contributed by atoms with E-state index in [9.17, 15) is 8.42 Å². The summed E-state index contributed by atoms with van der Waals surface area (Å²) in [6, 6.07) is 6.71. The molecule has 3 fully saturated rings. The molecule has 0 N–H and O–H groups in total. The molecule has 0 amide bonds. The first kappa shape index (κ1) is 10.1. The number of sulfone groups is 1. The Bertz CT molecular complexity index is 499. The average molecular weight is 238 g/mol. The Morgan fingerprint density at radius 2 is 1.75 bits per heavy atom. The molecular formula is C12H14O3S. The van der Waals surface area contributed by atoms with Crippen molar-refractivity contribution in [3.05, 3.63) is 24.3 Å². The second-order valence-electron chi connectivity index (χ2n) is 4.84. The molecule has 0 unspecified atom stereocenters. The van der Waals surface area contributed by atoms with E-state index in [4.69, 9.17) is 4.74 Å². The van der Waals surface area contributed by atoms with Crippen LogP contribution in [0.25, 0.3) is 0 Å². The highest BCUT2D eigenvalue weighted by Crippen LogP contribution is 2.63. The first-order chi connectivity index (χ1) is 7.57. The summed E-state index contributed by atoms with van der Waals surface area (Å²) in [4.78, 5) is 0.437. The first-order valence-electron chi connectivity index (χ1n) is 5.46. The summed E-state index contributed by atoms with van der Waals surface area (Å²) >= 11 is 0. The van der Waals surface area contributed by atoms with Gasteiger partial charge >= 0.3 is 0 Å². The number of ether oxygens (including phenoxy) is 1. The van der Waals surface area contributed by atoms with Crippen molar-refractivity contribution in [2.45, 2.75) is 28.9 Å². The zero-order chi connectivity index (χ0) is 11.4. The predicted molar refractivity (Wildman–Crippen MR) is 60.3 cm³/mol. The van der Waals surface area contributed by atoms with Gasteiger partial charge < -0.3 is 4.74 Å². The molecule has 0 atom stereocenters. The number of hydrogen-bond acceptors (Lipinski definition) is 3. The van der Waals surface area contributed by atoms with Crippen LogP contribution in [0.2, 0.25) is 0 Å². The Kier molecular flexibility index (Phi) is 1.90. The fraction of sp³-hybridized carbons (Fsp3) is 0.500. The fourth-order valence-corrected chi connectivity index (χ4v) is 5.09. The van der Waals surface area contributed by atoms with Crippen LogP contribution in [0.5, 0.6) is 5.75 Å². The molecular weight excluding hydrogens is 224 g/mol. The van der Waals surface area contributed by atoms with Crippen molar-refractivity contribution in [2.75, 3.05) is 7.11 Å². The molecule has 1 aromatic rings. The Hall–Kier alpha value is -1.03. The van der Waals surface area contributed by atoms with Crippen LogP contribution in [0.4, 0.5) is 0 Å². The van der Waals surface area contributed by atoms with Crippen LogP contribution in [0.15, 0.2) is 29.2 Å². The number of benzene rings is 1. The summed E-state index contributed by atoms with van der Waals surface area (Å²) in [7, 11) is -1.54. The zero-order valence-electron chi connectivity index (χ0n) is 9.14. The number of rotatable bonds is 3. The third kappa shape index (κ3) is 1.11. The Morgan fingerprint density at radius 3 is 2.12 bits per heavy atom. The second-order valence-corrected chi connectivity index (χ2v) is 7.18. The molecule has 3 nitrogen and oxygen atoms in total. The van der Waals surface area contributed by atoms with Gasteiger partial charge in [-0.25, -0.2) is 8.42 Å². The standard InChI is InChI=1S/C12H14O3S/c1-15-10-2-4-11(5-3-10)16(13,14)12-6-9(7-12)8-12/h2-5,9H,6-8H2,1H3. The van der Waals surface area contributed by atoms with Gasteiger partial charge in [-0.1, -0.05) is 0 Å². The summed E-state index contributed by atoms with van der Waals surface area (Å²) in [5.41, 5.74) is 0. The van der Waals surface area contributed by atoms with Crippen LogP contribution >= 0.6 is 0 Å². The lowest BCUT2D eigenvalue weighted by atomic mass is 9.55. The molecule has 16 heavy (non-hydrogen) atoms. The summed E-state index contributed by atoms with van der Waals surface area (Å²) in [5, 5.41) is 0. The van der Waals surface area contributed by atoms with Crippen LogP contribution in [-0.4, -0.2) is 20.3 Å². The first-order valence-corrected chi connectivity index (χ1v) is 6.94. The Morgan fingerprint density at radius 1 is 1.19 bits per heavy atom. The van der Waals surface area contributed by atoms with E-state index in [1.165, 1.54) is 0 Å². The van der Waals surface area contributed by atoms with E-state index in [-0.39, 0.29) is 0 Å². The van der Waals surface area contributed by atoms with Crippen molar-refractivity contribution in [3.8, 4) is 5.75 Å². The van der Waals surface area contributed by atoms with E-state index >= 15 is 0 Å². The Labute approximate surface area is 95.3 Å². The average Bonchev–Trinajstić information content (AvgIpc) is 2.12. The highest BCUT2D eigenvalue weighted by molar-refractivity contribution is 7.93. The third-order valence-corrected chi connectivity index (χ3v) is 6.45. The molecule has 0 spiro atoms. The third-order valence-electron chi connectivity index (χ3n) is 3.92. The minimum atomic E-state index is -3.12. The smallest absolute Gasteiger partial charge is 0.184 e. The molecule has 3 saturated carbocycles. The monoisotopic (exact) mass is 238 g/mol. The van der Waals surface area contributed by atoms with Gasteiger partial charge in [0.2, 0.25) is 0 Å². The second kappa shape index (κ2) is 3.00. The SMILES string of the molecule is COc1ccc(S(=O)(=O)C23CC(C2)C3)cc1. The van der Waals surface area contributed by atoms with Gasteiger partial charge in [0.05, 0.1) is 16.8 Å². The van der Waals surface area contributed by atoms with E-state index in [0.717, 1.165) is 19.3 Å². The van der Waals surface area contributed by atoms with Gasteiger partial charge in [0.1, 0.15) is 5.75 Å². The van der Waals surface area contributed by atoms with E-state index < -0.39 is 14.6 Å². The highest BCUT2D eigenvalue weighted by Gasteiger charge is 2.64. The van der Waals surface area contributed by atoms with Gasteiger partial charge in [-0.2, -0.15) is 0 Å². The van der Waals surface area contributed by atoms with Crippen molar-refractivity contribution in [3.63, 3.8) is 0 Å². The molecule has 4 rings (SSSR count). The molecule has 3 aliphatic carbocycles. The van der Waals surface area contributed by atoms with E-state index in [1.807, 2.05) is 0 Å². The van der Waals surface area contributed by atoms with Gasteiger partial charge in [0, 0.05) is 0 Å². The lowest BCUT2D eigenvalue weighted by molar-refractivity contribution is 0.0483. The molecule has 2 bridgehead atoms. The molecule has 0 radical (unpaired) electrons. The predicted octanol–water partition coefficient (Wildman–Crippen LogP) is 2.02. The molecule has 3 aliphatic rings. The molecule has 86 valence electrons. The maximum Gasteiger partial charge on any atom is 0.184 e. The van der Waals surface area contributed by atoms with Crippen LogP contribution in [0.1, 0.15) is 19.3 Å². The summed E-state index contributed by atoms with van der Waals surface area (Å²) in [6.45, 7) is 0. The van der Waals surface area contributed by atoms with Crippen molar-refractivity contribution in [1.29, 1.82) is 0 Å². The molecule has 0 aromatic heterocycles. The van der Waals surface area contributed by atoms with Crippen LogP contribution in [-0.2, 0) is 9.84 Å². The molecule has 0 saturated heterocycles. The minimum absolute atomic E-state index is 0.410. The fourth-order valence-electron chi connectivity index (χ4n) is 2.73. The van der Waals surface area contributed by atoms with Crippen LogP contribution in [0, 0.1) is 5.92 Å². The molecule has 0 aliphatic heterocycles. The summed E-state index contributed by atoms with van der Waals surface area (Å²) < 4.78 is 29.3. The minimum Gasteiger partial charge on any atom is -0.497 e. The van der Waals surface area contributed by atoms with Crippen molar-refractivity contribution in [2.24, 2.45) is 5.92 Å². The number of hydrogen-bond donors (Lipinski definition) is 0. The van der Waals surface area contributed by atoms with Crippen molar-refractivity contribution >= 4 is 9.84 Å². The van der Waals surface area contributed by atoms with E-state index in [0.29, 0.717) is 16.6 Å². The van der Waals surface area contributed by atoms with Gasteiger partial charge in [0.15, 0.2) is 9.84 Å². The largest absolute Gasteiger partial charge is 0.497 e. The quantitative estimate of drug-likeness (QED) is 0.809. The maximum absolute atomic E-state index is 12.3. The lowest BCUT2D eigenvalue weighted by Gasteiger charge is -2.60. The lowest BCUT2D eigenvalue weighted by Crippen LogP contribution is -2.62. The normalized spacial score (nSPS) is 31.4. The van der Waals surface area contributed by atoms with Gasteiger partial charge in [-0.05, 0) is 49.4 Å². The van der Waals surface area contributed by atoms with Gasteiger partial charge in [0.25, 0.3) is 0 Å². The summed E-state index contributed by atoms with van der Waals surface area (Å²) in [5.74, 6) is 1.37. The van der Waals surface area contributed by atoms with Gasteiger partial charge in [-0.3, -0.25) is 0 Å². The number of methoxy groups -OCH3 is 1. The van der Waals surface area contributed by atoms with Crippen LogP contribution < -0.4 is 4.74 Å². The molecule has 4 heteroatoms. The zero-order valence-corrected chi connectivity index (χ0v) is 9.96. The van der Waals surface area contributed by atoms with Crippen molar-refractivity contribution in [1.82, 2.24) is 0 Å². The molecule has 1 aromatic carbocycles. The van der Waals surface area contributed by atoms with Crippen molar-refractivity contribution < 1.29 is 13.2 Å².